The number of esters is 1. The lowest BCUT2D eigenvalue weighted by Gasteiger charge is -2.04. The van der Waals surface area contributed by atoms with E-state index < -0.39 is 21.8 Å². The highest BCUT2D eigenvalue weighted by atomic mass is 32.2. The number of rotatable bonds is 14. The summed E-state index contributed by atoms with van der Waals surface area (Å²) in [5.74, 6) is -0.922. The molecule has 1 N–H and O–H groups in total. The van der Waals surface area contributed by atoms with E-state index in [4.69, 9.17) is 9.29 Å². The molecule has 0 unspecified atom stereocenters. The van der Waals surface area contributed by atoms with Crippen molar-refractivity contribution in [2.45, 2.75) is 77.6 Å². The highest BCUT2D eigenvalue weighted by Gasteiger charge is 2.07. The molecule has 6 heteroatoms. The van der Waals surface area contributed by atoms with Crippen molar-refractivity contribution in [3.63, 3.8) is 0 Å². The molecule has 21 heavy (non-hydrogen) atoms. The van der Waals surface area contributed by atoms with Gasteiger partial charge < -0.3 is 4.74 Å². The number of unbranched alkanes of at least 4 members (excludes halogenated alkanes) is 9. The molecule has 0 rings (SSSR count). The van der Waals surface area contributed by atoms with Gasteiger partial charge in [-0.3, -0.25) is 9.35 Å². The third-order valence-electron chi connectivity index (χ3n) is 3.34. The fraction of sp³-hybridized carbons (Fsp3) is 0.933. The number of hydrogen-bond acceptors (Lipinski definition) is 4. The van der Waals surface area contributed by atoms with Gasteiger partial charge in [0, 0.05) is 6.42 Å². The summed E-state index contributed by atoms with van der Waals surface area (Å²) in [5, 5.41) is 0. The van der Waals surface area contributed by atoms with Crippen LogP contribution in [-0.4, -0.2) is 31.3 Å². The third-order valence-corrected chi connectivity index (χ3v) is 4.02. The van der Waals surface area contributed by atoms with Crippen molar-refractivity contribution < 1.29 is 22.5 Å². The first kappa shape index (κ1) is 20.4. The van der Waals surface area contributed by atoms with E-state index in [0.29, 0.717) is 6.42 Å². The summed E-state index contributed by atoms with van der Waals surface area (Å²) in [6.07, 6.45) is 12.3. The summed E-state index contributed by atoms with van der Waals surface area (Å²) in [5.41, 5.74) is 0. The largest absolute Gasteiger partial charge is 0.464 e. The van der Waals surface area contributed by atoms with Crippen LogP contribution in [0.1, 0.15) is 77.6 Å². The quantitative estimate of drug-likeness (QED) is 0.299. The van der Waals surface area contributed by atoms with E-state index >= 15 is 0 Å². The molecule has 0 heterocycles. The average molecular weight is 322 g/mol. The van der Waals surface area contributed by atoms with Crippen molar-refractivity contribution in [2.75, 3.05) is 12.4 Å². The maximum Gasteiger partial charge on any atom is 0.305 e. The zero-order valence-electron chi connectivity index (χ0n) is 13.2. The van der Waals surface area contributed by atoms with Gasteiger partial charge in [0.05, 0.1) is 0 Å². The monoisotopic (exact) mass is 322 g/mol. The fourth-order valence-electron chi connectivity index (χ4n) is 2.09. The number of carbonyl (C=O) groups is 1. The van der Waals surface area contributed by atoms with E-state index in [0.717, 1.165) is 19.3 Å². The predicted molar refractivity (Wildman–Crippen MR) is 83.8 cm³/mol. The Morgan fingerprint density at radius 3 is 1.86 bits per heavy atom. The van der Waals surface area contributed by atoms with Crippen LogP contribution in [-0.2, 0) is 19.6 Å². The Bertz CT molecular complexity index is 351. The first-order valence-electron chi connectivity index (χ1n) is 8.06. The van der Waals surface area contributed by atoms with E-state index in [1.165, 1.54) is 44.9 Å². The minimum Gasteiger partial charge on any atom is -0.464 e. The van der Waals surface area contributed by atoms with Crippen molar-refractivity contribution in [3.05, 3.63) is 0 Å². The Labute approximate surface area is 129 Å². The van der Waals surface area contributed by atoms with Crippen LogP contribution in [0, 0.1) is 0 Å². The third kappa shape index (κ3) is 17.3. The van der Waals surface area contributed by atoms with Gasteiger partial charge in [0.25, 0.3) is 10.1 Å². The summed E-state index contributed by atoms with van der Waals surface area (Å²) in [7, 11) is -4.04. The van der Waals surface area contributed by atoms with Crippen LogP contribution < -0.4 is 0 Å². The summed E-state index contributed by atoms with van der Waals surface area (Å²) >= 11 is 0. The standard InChI is InChI=1S/C15H30O5S/c1-2-3-4-5-6-7-8-9-10-11-12-15(16)20-13-14-21(17,18)19/h2-14H2,1H3,(H,17,18,19). The van der Waals surface area contributed by atoms with Gasteiger partial charge in [0.15, 0.2) is 0 Å². The number of ether oxygens (including phenoxy) is 1. The van der Waals surface area contributed by atoms with Gasteiger partial charge in [-0.2, -0.15) is 8.42 Å². The Kier molecular flexibility index (Phi) is 12.7. The molecule has 0 saturated heterocycles. The van der Waals surface area contributed by atoms with Gasteiger partial charge in [0.2, 0.25) is 0 Å². The predicted octanol–water partition coefficient (Wildman–Crippen LogP) is 3.73. The summed E-state index contributed by atoms with van der Waals surface area (Å²) in [4.78, 5) is 11.3. The van der Waals surface area contributed by atoms with E-state index in [1.54, 1.807) is 0 Å². The summed E-state index contributed by atoms with van der Waals surface area (Å²) < 4.78 is 34.0. The van der Waals surface area contributed by atoms with Crippen LogP contribution in [0.5, 0.6) is 0 Å². The smallest absolute Gasteiger partial charge is 0.305 e. The van der Waals surface area contributed by atoms with Crippen LogP contribution in [0.3, 0.4) is 0 Å². The Morgan fingerprint density at radius 1 is 0.905 bits per heavy atom. The fourth-order valence-corrected chi connectivity index (χ4v) is 2.38. The molecule has 0 aromatic carbocycles. The summed E-state index contributed by atoms with van der Waals surface area (Å²) in [6, 6.07) is 0. The van der Waals surface area contributed by atoms with E-state index in [-0.39, 0.29) is 6.61 Å². The topological polar surface area (TPSA) is 80.7 Å². The summed E-state index contributed by atoms with van der Waals surface area (Å²) in [6.45, 7) is 1.95. The highest BCUT2D eigenvalue weighted by Crippen LogP contribution is 2.11. The van der Waals surface area contributed by atoms with Crippen LogP contribution in [0.4, 0.5) is 0 Å². The Balaban J connectivity index is 3.25. The lowest BCUT2D eigenvalue weighted by atomic mass is 10.1. The highest BCUT2D eigenvalue weighted by molar-refractivity contribution is 7.85. The molecule has 0 radical (unpaired) electrons. The molecule has 0 aromatic rings. The molecule has 0 aromatic heterocycles. The first-order valence-corrected chi connectivity index (χ1v) is 9.67. The van der Waals surface area contributed by atoms with Crippen molar-refractivity contribution >= 4 is 16.1 Å². The zero-order chi connectivity index (χ0) is 16.0. The average Bonchev–Trinajstić information content (AvgIpc) is 2.39. The Hall–Kier alpha value is -0.620. The first-order chi connectivity index (χ1) is 9.95. The van der Waals surface area contributed by atoms with Gasteiger partial charge in [-0.05, 0) is 6.42 Å². The molecule has 0 bridgehead atoms. The second-order valence-corrected chi connectivity index (χ2v) is 7.01. The molecular weight excluding hydrogens is 292 g/mol. The SMILES string of the molecule is CCCCCCCCCCCCC(=O)OCCS(=O)(=O)O. The van der Waals surface area contributed by atoms with Gasteiger partial charge >= 0.3 is 5.97 Å². The molecular formula is C15H30O5S. The van der Waals surface area contributed by atoms with Crippen LogP contribution in [0.2, 0.25) is 0 Å². The minimum atomic E-state index is -4.04. The number of hydrogen-bond donors (Lipinski definition) is 1. The van der Waals surface area contributed by atoms with Crippen LogP contribution in [0.25, 0.3) is 0 Å². The van der Waals surface area contributed by atoms with Crippen LogP contribution >= 0.6 is 0 Å². The van der Waals surface area contributed by atoms with Crippen molar-refractivity contribution in [1.82, 2.24) is 0 Å². The van der Waals surface area contributed by atoms with Crippen molar-refractivity contribution in [2.24, 2.45) is 0 Å². The lowest BCUT2D eigenvalue weighted by molar-refractivity contribution is -0.143. The molecule has 0 amide bonds. The molecule has 0 atom stereocenters. The second-order valence-electron chi connectivity index (χ2n) is 5.44. The van der Waals surface area contributed by atoms with Crippen molar-refractivity contribution in [1.29, 1.82) is 0 Å². The molecule has 0 aliphatic heterocycles. The van der Waals surface area contributed by atoms with Crippen molar-refractivity contribution in [3.8, 4) is 0 Å². The minimum absolute atomic E-state index is 0.268. The van der Waals surface area contributed by atoms with Gasteiger partial charge in [-0.1, -0.05) is 64.7 Å². The van der Waals surface area contributed by atoms with E-state index in [9.17, 15) is 13.2 Å². The molecule has 126 valence electrons. The molecule has 0 fully saturated rings. The second kappa shape index (κ2) is 13.1. The van der Waals surface area contributed by atoms with E-state index in [2.05, 4.69) is 6.92 Å². The number of carbonyl (C=O) groups excluding carboxylic acids is 1. The van der Waals surface area contributed by atoms with Gasteiger partial charge in [-0.25, -0.2) is 0 Å². The molecule has 0 aliphatic carbocycles. The molecule has 0 aliphatic rings. The maximum atomic E-state index is 11.3. The molecule has 0 saturated carbocycles. The zero-order valence-corrected chi connectivity index (χ0v) is 14.0. The normalized spacial score (nSPS) is 11.5. The van der Waals surface area contributed by atoms with E-state index in [1.807, 2.05) is 0 Å². The van der Waals surface area contributed by atoms with Crippen LogP contribution in [0.15, 0.2) is 0 Å². The Morgan fingerprint density at radius 2 is 1.38 bits per heavy atom. The van der Waals surface area contributed by atoms with Gasteiger partial charge in [0.1, 0.15) is 12.4 Å². The molecule has 0 spiro atoms. The molecule has 5 nitrogen and oxygen atoms in total. The lowest BCUT2D eigenvalue weighted by Crippen LogP contribution is -2.14. The van der Waals surface area contributed by atoms with Gasteiger partial charge in [-0.15, -0.1) is 0 Å². The maximum absolute atomic E-state index is 11.3.